The number of nitrogens with zero attached hydrogens (tertiary/aromatic N) is 2. The molecule has 3 heterocycles. The molecule has 34 heavy (non-hydrogen) atoms. The zero-order valence-corrected chi connectivity index (χ0v) is 20.6. The Balaban J connectivity index is 1.49. The normalized spacial score (nSPS) is 16.9. The lowest BCUT2D eigenvalue weighted by atomic mass is 9.95. The Morgan fingerprint density at radius 1 is 1.00 bits per heavy atom. The Morgan fingerprint density at radius 3 is 2.56 bits per heavy atom. The number of benzene rings is 2. The first-order chi connectivity index (χ1) is 16.6. The number of aryl methyl sites for hydroxylation is 2. The number of hydrogen-bond donors (Lipinski definition) is 1. The van der Waals surface area contributed by atoms with Gasteiger partial charge in [0.05, 0.1) is 18.3 Å². The van der Waals surface area contributed by atoms with E-state index in [1.165, 1.54) is 39.4 Å². The van der Waals surface area contributed by atoms with Crippen LogP contribution in [0.15, 0.2) is 66.9 Å². The molecular weight excluding hydrogens is 462 g/mol. The molecule has 1 unspecified atom stereocenters. The lowest BCUT2D eigenvalue weighted by Crippen LogP contribution is -2.38. The number of rotatable bonds is 2. The molecule has 0 fully saturated rings. The van der Waals surface area contributed by atoms with Crippen LogP contribution in [0.2, 0.25) is 5.02 Å². The van der Waals surface area contributed by atoms with Crippen LogP contribution < -0.4 is 5.32 Å². The smallest absolute Gasteiger partial charge is 0.310 e. The van der Waals surface area contributed by atoms with Crippen LogP contribution in [0.4, 0.5) is 10.5 Å². The fourth-order valence-electron chi connectivity index (χ4n) is 5.21. The molecule has 4 nitrogen and oxygen atoms in total. The van der Waals surface area contributed by atoms with Gasteiger partial charge in [0, 0.05) is 27.3 Å². The van der Waals surface area contributed by atoms with Gasteiger partial charge in [0.25, 0.3) is 0 Å². The molecule has 2 aromatic carbocycles. The van der Waals surface area contributed by atoms with Crippen molar-refractivity contribution in [2.24, 2.45) is 0 Å². The molecule has 1 N–H and O–H groups in total. The number of anilines is 1. The number of halogens is 1. The van der Waals surface area contributed by atoms with Crippen LogP contribution in [0.1, 0.15) is 51.7 Å². The molecule has 172 valence electrons. The molecule has 1 aliphatic heterocycles. The van der Waals surface area contributed by atoms with Crippen molar-refractivity contribution < 1.29 is 4.79 Å². The van der Waals surface area contributed by atoms with E-state index >= 15 is 0 Å². The third kappa shape index (κ3) is 3.73. The molecule has 0 radical (unpaired) electrons. The maximum atomic E-state index is 13.9. The third-order valence-corrected chi connectivity index (χ3v) is 8.51. The van der Waals surface area contributed by atoms with Gasteiger partial charge in [-0.05, 0) is 80.1 Å². The van der Waals surface area contributed by atoms with Gasteiger partial charge in [0.1, 0.15) is 5.00 Å². The van der Waals surface area contributed by atoms with Gasteiger partial charge in [-0.15, -0.1) is 11.3 Å². The fourth-order valence-corrected chi connectivity index (χ4v) is 6.74. The second-order valence-electron chi connectivity index (χ2n) is 9.18. The zero-order chi connectivity index (χ0) is 23.2. The van der Waals surface area contributed by atoms with Crippen molar-refractivity contribution in [3.63, 3.8) is 0 Å². The molecular formula is C28H26ClN3OS. The summed E-state index contributed by atoms with van der Waals surface area (Å²) in [4.78, 5) is 17.3. The molecule has 2 aromatic heterocycles. The first kappa shape index (κ1) is 21.5. The number of fused-ring (bicyclic) bond motifs is 5. The Hall–Kier alpha value is -3.02. The molecule has 4 aromatic rings. The van der Waals surface area contributed by atoms with Crippen molar-refractivity contribution in [1.82, 2.24) is 9.47 Å². The van der Waals surface area contributed by atoms with Crippen LogP contribution in [0.5, 0.6) is 0 Å². The predicted octanol–water partition coefficient (Wildman–Crippen LogP) is 7.52. The highest BCUT2D eigenvalue weighted by Crippen LogP contribution is 2.44. The highest BCUT2D eigenvalue weighted by Gasteiger charge is 2.36. The molecule has 6 heteroatoms. The summed E-state index contributed by atoms with van der Waals surface area (Å²) >= 11 is 8.12. The van der Waals surface area contributed by atoms with Gasteiger partial charge in [-0.2, -0.15) is 0 Å². The molecule has 0 saturated carbocycles. The van der Waals surface area contributed by atoms with E-state index in [-0.39, 0.29) is 12.1 Å². The van der Waals surface area contributed by atoms with Crippen LogP contribution in [-0.2, 0) is 19.4 Å². The molecule has 0 spiro atoms. The quantitative estimate of drug-likeness (QED) is 0.312. The van der Waals surface area contributed by atoms with Gasteiger partial charge in [-0.3, -0.25) is 0 Å². The van der Waals surface area contributed by atoms with E-state index in [2.05, 4.69) is 28.2 Å². The lowest BCUT2D eigenvalue weighted by Gasteiger charge is -2.31. The molecule has 1 atom stereocenters. The van der Waals surface area contributed by atoms with Gasteiger partial charge < -0.3 is 14.8 Å². The van der Waals surface area contributed by atoms with Crippen molar-refractivity contribution >= 4 is 34.7 Å². The number of aromatic nitrogens is 1. The minimum atomic E-state index is -0.225. The van der Waals surface area contributed by atoms with E-state index in [0.717, 1.165) is 29.8 Å². The summed E-state index contributed by atoms with van der Waals surface area (Å²) in [5.41, 5.74) is 6.87. The molecule has 2 aliphatic rings. The minimum absolute atomic E-state index is 0.0971. The summed E-state index contributed by atoms with van der Waals surface area (Å²) in [6, 6.07) is 19.7. The first-order valence-corrected chi connectivity index (χ1v) is 13.0. The van der Waals surface area contributed by atoms with E-state index < -0.39 is 0 Å². The van der Waals surface area contributed by atoms with Gasteiger partial charge in [0.15, 0.2) is 0 Å². The number of carbonyl (C=O) groups is 1. The van der Waals surface area contributed by atoms with Crippen molar-refractivity contribution in [2.75, 3.05) is 5.32 Å². The zero-order valence-electron chi connectivity index (χ0n) is 19.1. The number of thiophene rings is 1. The summed E-state index contributed by atoms with van der Waals surface area (Å²) in [6.45, 7) is 2.63. The van der Waals surface area contributed by atoms with Crippen LogP contribution in [0.25, 0.3) is 5.00 Å². The third-order valence-electron chi connectivity index (χ3n) is 6.93. The average molecular weight is 488 g/mol. The molecule has 0 bridgehead atoms. The maximum Gasteiger partial charge on any atom is 0.322 e. The number of hydrogen-bond acceptors (Lipinski definition) is 2. The number of urea groups is 1. The molecule has 6 rings (SSSR count). The molecule has 1 aliphatic carbocycles. The van der Waals surface area contributed by atoms with Gasteiger partial charge in [0.2, 0.25) is 0 Å². The summed E-state index contributed by atoms with van der Waals surface area (Å²) < 4.78 is 2.30. The highest BCUT2D eigenvalue weighted by atomic mass is 35.5. The van der Waals surface area contributed by atoms with E-state index in [1.54, 1.807) is 0 Å². The number of nitrogens with one attached hydrogen (secondary N) is 1. The van der Waals surface area contributed by atoms with Crippen LogP contribution in [-0.4, -0.2) is 15.5 Å². The summed E-state index contributed by atoms with van der Waals surface area (Å²) in [5, 5.41) is 5.11. The monoisotopic (exact) mass is 487 g/mol. The van der Waals surface area contributed by atoms with Crippen LogP contribution >= 0.6 is 22.9 Å². The van der Waals surface area contributed by atoms with E-state index in [4.69, 9.17) is 11.6 Å². The van der Waals surface area contributed by atoms with E-state index in [1.807, 2.05) is 71.7 Å². The van der Waals surface area contributed by atoms with E-state index in [0.29, 0.717) is 11.6 Å². The van der Waals surface area contributed by atoms with Crippen molar-refractivity contribution in [1.29, 1.82) is 0 Å². The van der Waals surface area contributed by atoms with Crippen molar-refractivity contribution in [2.45, 2.75) is 45.2 Å². The largest absolute Gasteiger partial charge is 0.322 e. The number of amides is 2. The summed E-state index contributed by atoms with van der Waals surface area (Å²) in [6.07, 6.45) is 6.83. The van der Waals surface area contributed by atoms with Crippen molar-refractivity contribution in [3.8, 4) is 5.00 Å². The minimum Gasteiger partial charge on any atom is -0.310 e. The Kier molecular flexibility index (Phi) is 5.47. The molecule has 2 amide bonds. The number of carbonyl (C=O) groups excluding carboxylic acids is 1. The lowest BCUT2D eigenvalue weighted by molar-refractivity contribution is 0.194. The second-order valence-corrected chi connectivity index (χ2v) is 10.7. The summed E-state index contributed by atoms with van der Waals surface area (Å²) in [7, 11) is 0. The molecule has 0 saturated heterocycles. The van der Waals surface area contributed by atoms with Crippen LogP contribution in [0, 0.1) is 6.92 Å². The van der Waals surface area contributed by atoms with Gasteiger partial charge >= 0.3 is 6.03 Å². The maximum absolute atomic E-state index is 13.9. The van der Waals surface area contributed by atoms with Gasteiger partial charge in [-0.1, -0.05) is 41.4 Å². The average Bonchev–Trinajstić information content (AvgIpc) is 3.43. The highest BCUT2D eigenvalue weighted by molar-refractivity contribution is 7.15. The van der Waals surface area contributed by atoms with E-state index in [9.17, 15) is 4.79 Å². The SMILES string of the molecule is Cc1ccc(NC(=O)N2Cc3c(sc4c3CCCC4)-n3cccc3C2c2ccc(Cl)cc2)cc1. The Morgan fingerprint density at radius 2 is 1.76 bits per heavy atom. The topological polar surface area (TPSA) is 37.3 Å². The fraction of sp³-hybridized carbons (Fsp3) is 0.250. The first-order valence-electron chi connectivity index (χ1n) is 11.8. The second kappa shape index (κ2) is 8.64. The van der Waals surface area contributed by atoms with Crippen LogP contribution in [0.3, 0.4) is 0 Å². The predicted molar refractivity (Wildman–Crippen MR) is 139 cm³/mol. The standard InChI is InChI=1S/C28H26ClN3OS/c1-18-8-14-21(15-9-18)30-28(33)32-17-23-22-5-2-3-7-25(22)34-27(23)31-16-4-6-24(31)26(32)19-10-12-20(29)13-11-19/h4,6,8-16,26H,2-3,5,7,17H2,1H3,(H,30,33). The Bertz CT molecular complexity index is 1350. The van der Waals surface area contributed by atoms with Crippen molar-refractivity contribution in [3.05, 3.63) is 105 Å². The summed E-state index contributed by atoms with van der Waals surface area (Å²) in [5.74, 6) is 0. The Labute approximate surface area is 208 Å². The van der Waals surface area contributed by atoms with Gasteiger partial charge in [-0.25, -0.2) is 4.79 Å².